The zero-order valence-electron chi connectivity index (χ0n) is 15.2. The molecule has 0 bridgehead atoms. The van der Waals surface area contributed by atoms with E-state index in [1.54, 1.807) is 18.3 Å². The van der Waals surface area contributed by atoms with Crippen molar-refractivity contribution in [3.8, 4) is 5.75 Å². The maximum absolute atomic E-state index is 12.9. The molecule has 1 aliphatic heterocycles. The number of aromatic nitrogens is 2. The molecule has 1 aromatic carbocycles. The lowest BCUT2D eigenvalue weighted by Crippen LogP contribution is -2.41. The van der Waals surface area contributed by atoms with E-state index in [1.165, 1.54) is 12.1 Å². The second-order valence-electron chi connectivity index (χ2n) is 6.88. The molecule has 0 aliphatic carbocycles. The monoisotopic (exact) mass is 359 g/mol. The second kappa shape index (κ2) is 8.83. The highest BCUT2D eigenvalue weighted by molar-refractivity contribution is 5.76. The van der Waals surface area contributed by atoms with Crippen molar-refractivity contribution in [2.24, 2.45) is 5.92 Å². The molecule has 0 unspecified atom stereocenters. The van der Waals surface area contributed by atoms with Crippen molar-refractivity contribution in [1.82, 2.24) is 14.5 Å². The van der Waals surface area contributed by atoms with Crippen molar-refractivity contribution in [2.45, 2.75) is 39.2 Å². The zero-order chi connectivity index (χ0) is 18.4. The van der Waals surface area contributed by atoms with Gasteiger partial charge >= 0.3 is 0 Å². The van der Waals surface area contributed by atoms with Crippen LogP contribution < -0.4 is 4.74 Å². The molecule has 1 aromatic heterocycles. The minimum atomic E-state index is -0.266. The third-order valence-corrected chi connectivity index (χ3v) is 4.88. The van der Waals surface area contributed by atoms with Gasteiger partial charge in [-0.2, -0.15) is 0 Å². The van der Waals surface area contributed by atoms with Gasteiger partial charge in [-0.25, -0.2) is 9.37 Å². The predicted octanol–water partition coefficient (Wildman–Crippen LogP) is 3.43. The zero-order valence-corrected chi connectivity index (χ0v) is 15.2. The standard InChI is InChI=1S/C20H26FN3O2/c1-16-22-10-13-23(16)11-3-5-20(25)24-12-2-4-17(14-24)15-26-19-8-6-18(21)7-9-19/h6-10,13,17H,2-5,11-12,14-15H2,1H3/t17-/m0/s1. The van der Waals surface area contributed by atoms with Gasteiger partial charge in [-0.15, -0.1) is 0 Å². The van der Waals surface area contributed by atoms with E-state index in [0.717, 1.165) is 44.7 Å². The Hall–Kier alpha value is -2.37. The smallest absolute Gasteiger partial charge is 0.222 e. The number of nitrogens with zero attached hydrogens (tertiary/aromatic N) is 3. The number of halogens is 1. The predicted molar refractivity (Wildman–Crippen MR) is 97.4 cm³/mol. The van der Waals surface area contributed by atoms with E-state index in [1.807, 2.05) is 18.0 Å². The van der Waals surface area contributed by atoms with Crippen molar-refractivity contribution >= 4 is 5.91 Å². The Bertz CT molecular complexity index is 714. The quantitative estimate of drug-likeness (QED) is 0.761. The molecule has 0 radical (unpaired) electrons. The molecule has 1 saturated heterocycles. The lowest BCUT2D eigenvalue weighted by atomic mass is 9.98. The summed E-state index contributed by atoms with van der Waals surface area (Å²) in [4.78, 5) is 18.6. The van der Waals surface area contributed by atoms with Crippen LogP contribution in [0.2, 0.25) is 0 Å². The largest absolute Gasteiger partial charge is 0.493 e. The maximum atomic E-state index is 12.9. The van der Waals surface area contributed by atoms with E-state index in [4.69, 9.17) is 4.74 Å². The van der Waals surface area contributed by atoms with Crippen LogP contribution in [0.25, 0.3) is 0 Å². The van der Waals surface area contributed by atoms with Crippen LogP contribution in [0, 0.1) is 18.7 Å². The van der Waals surface area contributed by atoms with Crippen LogP contribution in [-0.4, -0.2) is 40.1 Å². The van der Waals surface area contributed by atoms with E-state index < -0.39 is 0 Å². The van der Waals surface area contributed by atoms with Gasteiger partial charge in [0.1, 0.15) is 17.4 Å². The molecular weight excluding hydrogens is 333 g/mol. The van der Waals surface area contributed by atoms with Crippen LogP contribution in [0.15, 0.2) is 36.7 Å². The first kappa shape index (κ1) is 18.4. The number of carbonyl (C=O) groups excluding carboxylic acids is 1. The Morgan fingerprint density at radius 3 is 2.88 bits per heavy atom. The number of benzene rings is 1. The highest BCUT2D eigenvalue weighted by atomic mass is 19.1. The van der Waals surface area contributed by atoms with Crippen LogP contribution in [0.4, 0.5) is 4.39 Å². The highest BCUT2D eigenvalue weighted by Crippen LogP contribution is 2.20. The Morgan fingerprint density at radius 1 is 1.35 bits per heavy atom. The Labute approximate surface area is 153 Å². The molecule has 1 amide bonds. The van der Waals surface area contributed by atoms with Gasteiger partial charge in [0.15, 0.2) is 0 Å². The summed E-state index contributed by atoms with van der Waals surface area (Å²) in [6.07, 6.45) is 7.17. The topological polar surface area (TPSA) is 47.4 Å². The fourth-order valence-electron chi connectivity index (χ4n) is 3.37. The Morgan fingerprint density at radius 2 is 2.15 bits per heavy atom. The number of hydrogen-bond acceptors (Lipinski definition) is 3. The lowest BCUT2D eigenvalue weighted by Gasteiger charge is -2.32. The number of hydrogen-bond donors (Lipinski definition) is 0. The third-order valence-electron chi connectivity index (χ3n) is 4.88. The number of likely N-dealkylation sites (tertiary alicyclic amines) is 1. The van der Waals surface area contributed by atoms with Gasteiger partial charge in [0.25, 0.3) is 0 Å². The molecule has 3 rings (SSSR count). The van der Waals surface area contributed by atoms with Crippen molar-refractivity contribution in [2.75, 3.05) is 19.7 Å². The Kier molecular flexibility index (Phi) is 6.26. The number of ether oxygens (including phenoxy) is 1. The fourth-order valence-corrected chi connectivity index (χ4v) is 3.37. The van der Waals surface area contributed by atoms with E-state index in [0.29, 0.717) is 24.7 Å². The number of imidazole rings is 1. The van der Waals surface area contributed by atoms with Gasteiger partial charge in [0, 0.05) is 44.4 Å². The van der Waals surface area contributed by atoms with Crippen LogP contribution in [0.3, 0.4) is 0 Å². The van der Waals surface area contributed by atoms with Crippen molar-refractivity contribution in [3.63, 3.8) is 0 Å². The second-order valence-corrected chi connectivity index (χ2v) is 6.88. The van der Waals surface area contributed by atoms with E-state index >= 15 is 0 Å². The van der Waals surface area contributed by atoms with Crippen LogP contribution in [0.1, 0.15) is 31.5 Å². The summed E-state index contributed by atoms with van der Waals surface area (Å²) < 4.78 is 20.8. The summed E-state index contributed by atoms with van der Waals surface area (Å²) in [6.45, 7) is 4.92. The molecule has 140 valence electrons. The number of aryl methyl sites for hydroxylation is 2. The lowest BCUT2D eigenvalue weighted by molar-refractivity contribution is -0.133. The average Bonchev–Trinajstić information content (AvgIpc) is 3.06. The van der Waals surface area contributed by atoms with E-state index in [9.17, 15) is 9.18 Å². The van der Waals surface area contributed by atoms with Crippen molar-refractivity contribution in [3.05, 3.63) is 48.3 Å². The Balaban J connectivity index is 1.41. The molecule has 1 aliphatic rings. The highest BCUT2D eigenvalue weighted by Gasteiger charge is 2.23. The van der Waals surface area contributed by atoms with Crippen molar-refractivity contribution in [1.29, 1.82) is 0 Å². The summed E-state index contributed by atoms with van der Waals surface area (Å²) in [5.41, 5.74) is 0. The van der Waals surface area contributed by atoms with Gasteiger partial charge in [-0.3, -0.25) is 4.79 Å². The number of rotatable bonds is 7. The van der Waals surface area contributed by atoms with Crippen LogP contribution in [-0.2, 0) is 11.3 Å². The van der Waals surface area contributed by atoms with E-state index in [2.05, 4.69) is 9.55 Å². The minimum absolute atomic E-state index is 0.217. The molecule has 2 heterocycles. The molecule has 2 aromatic rings. The third kappa shape index (κ3) is 5.07. The van der Waals surface area contributed by atoms with Gasteiger partial charge in [0.2, 0.25) is 5.91 Å². The van der Waals surface area contributed by atoms with Crippen LogP contribution >= 0.6 is 0 Å². The molecule has 26 heavy (non-hydrogen) atoms. The minimum Gasteiger partial charge on any atom is -0.493 e. The average molecular weight is 359 g/mol. The summed E-state index contributed by atoms with van der Waals surface area (Å²) in [5, 5.41) is 0. The molecule has 5 nitrogen and oxygen atoms in total. The summed E-state index contributed by atoms with van der Waals surface area (Å²) in [6, 6.07) is 6.07. The SMILES string of the molecule is Cc1nccn1CCCC(=O)N1CCC[C@H](COc2ccc(F)cc2)C1. The van der Waals surface area contributed by atoms with Crippen LogP contribution in [0.5, 0.6) is 5.75 Å². The molecule has 1 atom stereocenters. The van der Waals surface area contributed by atoms with Gasteiger partial charge in [-0.05, 0) is 50.5 Å². The van der Waals surface area contributed by atoms with Crippen molar-refractivity contribution < 1.29 is 13.9 Å². The maximum Gasteiger partial charge on any atom is 0.222 e. The fraction of sp³-hybridized carbons (Fsp3) is 0.500. The first-order valence-corrected chi connectivity index (χ1v) is 9.25. The molecule has 1 fully saturated rings. The molecule has 6 heteroatoms. The van der Waals surface area contributed by atoms with E-state index in [-0.39, 0.29) is 11.7 Å². The number of amides is 1. The van der Waals surface area contributed by atoms with Gasteiger partial charge in [0.05, 0.1) is 6.61 Å². The summed E-state index contributed by atoms with van der Waals surface area (Å²) in [7, 11) is 0. The molecular formula is C20H26FN3O2. The summed E-state index contributed by atoms with van der Waals surface area (Å²) in [5.74, 6) is 1.93. The van der Waals surface area contributed by atoms with Gasteiger partial charge in [-0.1, -0.05) is 0 Å². The summed E-state index contributed by atoms with van der Waals surface area (Å²) >= 11 is 0. The normalized spacial score (nSPS) is 17.3. The first-order valence-electron chi connectivity index (χ1n) is 9.25. The molecule has 0 N–H and O–H groups in total. The number of piperidine rings is 1. The molecule has 0 saturated carbocycles. The number of carbonyl (C=O) groups is 1. The van der Waals surface area contributed by atoms with Gasteiger partial charge < -0.3 is 14.2 Å². The first-order chi connectivity index (χ1) is 12.6. The molecule has 0 spiro atoms.